The van der Waals surface area contributed by atoms with Crippen LogP contribution in [0.15, 0.2) is 28.8 Å². The zero-order valence-electron chi connectivity index (χ0n) is 13.0. The Morgan fingerprint density at radius 3 is 2.43 bits per heavy atom. The van der Waals surface area contributed by atoms with Gasteiger partial charge in [-0.1, -0.05) is 36.3 Å². The highest BCUT2D eigenvalue weighted by Crippen LogP contribution is 2.38. The lowest BCUT2D eigenvalue weighted by molar-refractivity contribution is 0.228. The quantitative estimate of drug-likeness (QED) is 0.936. The van der Waals surface area contributed by atoms with Gasteiger partial charge in [0.2, 0.25) is 5.89 Å². The lowest BCUT2D eigenvalue weighted by atomic mass is 9.77. The fraction of sp³-hybridized carbons (Fsp3) is 0.529. The van der Waals surface area contributed by atoms with Crippen LogP contribution in [0.2, 0.25) is 0 Å². The van der Waals surface area contributed by atoms with Crippen molar-refractivity contribution in [3.8, 4) is 0 Å². The molecule has 1 aliphatic rings. The number of nitrogens with two attached hydrogens (primary N) is 1. The topological polar surface area (TPSA) is 64.9 Å². The van der Waals surface area contributed by atoms with E-state index in [1.54, 1.807) is 0 Å². The van der Waals surface area contributed by atoms with E-state index in [4.69, 9.17) is 10.3 Å². The van der Waals surface area contributed by atoms with E-state index in [-0.39, 0.29) is 11.0 Å². The van der Waals surface area contributed by atoms with Gasteiger partial charge in [-0.3, -0.25) is 0 Å². The Labute approximate surface area is 125 Å². The van der Waals surface area contributed by atoms with Crippen molar-refractivity contribution in [2.24, 2.45) is 5.73 Å². The summed E-state index contributed by atoms with van der Waals surface area (Å²) in [6.07, 6.45) is 4.07. The minimum Gasteiger partial charge on any atom is -0.338 e. The van der Waals surface area contributed by atoms with Gasteiger partial charge >= 0.3 is 0 Å². The molecule has 1 aromatic heterocycles. The van der Waals surface area contributed by atoms with Crippen molar-refractivity contribution in [1.29, 1.82) is 0 Å². The molecule has 2 N–H and O–H groups in total. The van der Waals surface area contributed by atoms with Crippen molar-refractivity contribution in [3.05, 3.63) is 47.1 Å². The number of benzene rings is 1. The molecule has 1 aliphatic carbocycles. The highest BCUT2D eigenvalue weighted by Gasteiger charge is 2.40. The van der Waals surface area contributed by atoms with E-state index < -0.39 is 0 Å². The maximum Gasteiger partial charge on any atom is 0.236 e. The summed E-state index contributed by atoms with van der Waals surface area (Å²) in [6, 6.07) is 8.60. The molecular formula is C17H23N3O. The minimum absolute atomic E-state index is 0.308. The molecule has 0 bridgehead atoms. The predicted octanol–water partition coefficient (Wildman–Crippen LogP) is 3.30. The molecule has 1 aromatic carbocycles. The van der Waals surface area contributed by atoms with Gasteiger partial charge in [-0.25, -0.2) is 0 Å². The first-order chi connectivity index (χ1) is 9.95. The smallest absolute Gasteiger partial charge is 0.236 e. The lowest BCUT2D eigenvalue weighted by Crippen LogP contribution is -2.44. The van der Waals surface area contributed by atoms with Gasteiger partial charge in [0.05, 0.1) is 11.0 Å². The normalized spacial score (nSPS) is 17.5. The second-order valence-electron chi connectivity index (χ2n) is 6.61. The first-order valence-electron chi connectivity index (χ1n) is 7.69. The molecule has 1 heterocycles. The second kappa shape index (κ2) is 4.95. The summed E-state index contributed by atoms with van der Waals surface area (Å²) in [5.41, 5.74) is 8.10. The van der Waals surface area contributed by atoms with Crippen LogP contribution < -0.4 is 5.73 Å². The second-order valence-corrected chi connectivity index (χ2v) is 6.61. The summed E-state index contributed by atoms with van der Waals surface area (Å²) in [4.78, 5) is 4.59. The van der Waals surface area contributed by atoms with Crippen molar-refractivity contribution in [2.45, 2.75) is 57.4 Å². The Morgan fingerprint density at radius 1 is 1.24 bits per heavy atom. The van der Waals surface area contributed by atoms with Crippen LogP contribution in [0.3, 0.4) is 0 Å². The maximum atomic E-state index is 6.27. The van der Waals surface area contributed by atoms with Gasteiger partial charge in [-0.05, 0) is 50.7 Å². The summed E-state index contributed by atoms with van der Waals surface area (Å²) < 4.78 is 5.52. The molecule has 1 saturated carbocycles. The third-order valence-corrected chi connectivity index (χ3v) is 4.74. The van der Waals surface area contributed by atoms with Crippen LogP contribution in [0.5, 0.6) is 0 Å². The number of aryl methyl sites for hydroxylation is 1. The Hall–Kier alpha value is -1.68. The van der Waals surface area contributed by atoms with E-state index in [1.165, 1.54) is 11.1 Å². The average Bonchev–Trinajstić information content (AvgIpc) is 2.95. The third-order valence-electron chi connectivity index (χ3n) is 4.74. The van der Waals surface area contributed by atoms with Crippen LogP contribution in [-0.2, 0) is 17.4 Å². The number of rotatable bonds is 4. The fourth-order valence-electron chi connectivity index (χ4n) is 2.74. The van der Waals surface area contributed by atoms with E-state index in [0.29, 0.717) is 11.7 Å². The van der Waals surface area contributed by atoms with Gasteiger partial charge < -0.3 is 10.3 Å². The molecule has 3 rings (SSSR count). The maximum absolute atomic E-state index is 6.27. The molecule has 0 radical (unpaired) electrons. The number of nitrogens with zero attached hydrogens (tertiary/aromatic N) is 2. The van der Waals surface area contributed by atoms with Crippen molar-refractivity contribution in [3.63, 3.8) is 0 Å². The van der Waals surface area contributed by atoms with Crippen molar-refractivity contribution < 1.29 is 4.52 Å². The molecule has 0 spiro atoms. The van der Waals surface area contributed by atoms with Gasteiger partial charge in [-0.15, -0.1) is 0 Å². The van der Waals surface area contributed by atoms with Crippen LogP contribution in [0, 0.1) is 0 Å². The fourth-order valence-corrected chi connectivity index (χ4v) is 2.74. The number of hydrogen-bond donors (Lipinski definition) is 1. The molecule has 0 unspecified atom stereocenters. The highest BCUT2D eigenvalue weighted by atomic mass is 16.5. The zero-order valence-corrected chi connectivity index (χ0v) is 13.0. The summed E-state index contributed by atoms with van der Waals surface area (Å²) in [7, 11) is 0. The van der Waals surface area contributed by atoms with E-state index >= 15 is 0 Å². The first kappa shape index (κ1) is 14.3. The van der Waals surface area contributed by atoms with Crippen molar-refractivity contribution >= 4 is 0 Å². The SMILES string of the molecule is CCc1ccc(C(C)(C)c2nc(C3(N)CCC3)no2)cc1. The van der Waals surface area contributed by atoms with E-state index in [1.807, 2.05) is 0 Å². The molecule has 1 fully saturated rings. The molecule has 2 aromatic rings. The van der Waals surface area contributed by atoms with Gasteiger partial charge in [0.25, 0.3) is 0 Å². The molecular weight excluding hydrogens is 262 g/mol. The Morgan fingerprint density at radius 2 is 1.90 bits per heavy atom. The zero-order chi connectivity index (χ0) is 15.1. The van der Waals surface area contributed by atoms with Crippen molar-refractivity contribution in [2.75, 3.05) is 0 Å². The summed E-state index contributed by atoms with van der Waals surface area (Å²) in [5, 5.41) is 4.12. The highest BCUT2D eigenvalue weighted by molar-refractivity contribution is 5.32. The molecule has 4 nitrogen and oxygen atoms in total. The average molecular weight is 285 g/mol. The molecule has 112 valence electrons. The monoisotopic (exact) mass is 285 g/mol. The number of aromatic nitrogens is 2. The van der Waals surface area contributed by atoms with E-state index in [2.05, 4.69) is 55.2 Å². The largest absolute Gasteiger partial charge is 0.338 e. The van der Waals surface area contributed by atoms with E-state index in [9.17, 15) is 0 Å². The molecule has 0 aliphatic heterocycles. The first-order valence-corrected chi connectivity index (χ1v) is 7.69. The van der Waals surface area contributed by atoms with E-state index in [0.717, 1.165) is 25.7 Å². The molecule has 4 heteroatoms. The Balaban J connectivity index is 1.90. The van der Waals surface area contributed by atoms with Gasteiger partial charge in [0.15, 0.2) is 5.82 Å². The Bertz CT molecular complexity index is 624. The van der Waals surface area contributed by atoms with Crippen LogP contribution in [-0.4, -0.2) is 10.1 Å². The van der Waals surface area contributed by atoms with Crippen LogP contribution in [0.4, 0.5) is 0 Å². The molecule has 0 saturated heterocycles. The van der Waals surface area contributed by atoms with Gasteiger partial charge in [0, 0.05) is 0 Å². The predicted molar refractivity (Wildman–Crippen MR) is 82.0 cm³/mol. The number of hydrogen-bond acceptors (Lipinski definition) is 4. The molecule has 0 amide bonds. The summed E-state index contributed by atoms with van der Waals surface area (Å²) in [6.45, 7) is 6.37. The van der Waals surface area contributed by atoms with Gasteiger partial charge in [-0.2, -0.15) is 4.98 Å². The molecule has 0 atom stereocenters. The lowest BCUT2D eigenvalue weighted by Gasteiger charge is -2.34. The van der Waals surface area contributed by atoms with Crippen LogP contribution >= 0.6 is 0 Å². The third kappa shape index (κ3) is 2.38. The van der Waals surface area contributed by atoms with Crippen molar-refractivity contribution in [1.82, 2.24) is 10.1 Å². The molecule has 21 heavy (non-hydrogen) atoms. The summed E-state index contributed by atoms with van der Waals surface area (Å²) in [5.74, 6) is 1.29. The van der Waals surface area contributed by atoms with Crippen LogP contribution in [0.1, 0.15) is 62.9 Å². The summed E-state index contributed by atoms with van der Waals surface area (Å²) >= 11 is 0. The standard InChI is InChI=1S/C17H23N3O/c1-4-12-6-8-13(9-7-12)16(2,3)15-19-14(20-21-15)17(18)10-5-11-17/h6-9H,4-5,10-11,18H2,1-3H3. The van der Waals surface area contributed by atoms with Crippen LogP contribution in [0.25, 0.3) is 0 Å². The van der Waals surface area contributed by atoms with Gasteiger partial charge in [0.1, 0.15) is 0 Å². The Kier molecular flexibility index (Phi) is 3.36. The minimum atomic E-state index is -0.371.